The molecule has 0 aliphatic rings. The molecule has 2 N–H and O–H groups in total. The van der Waals surface area contributed by atoms with E-state index in [1.54, 1.807) is 13.0 Å². The van der Waals surface area contributed by atoms with Gasteiger partial charge in [-0.3, -0.25) is 0 Å². The molecule has 0 heterocycles. The maximum atomic E-state index is 8.94. The normalized spacial score (nSPS) is 8.50. The van der Waals surface area contributed by atoms with Gasteiger partial charge in [0.25, 0.3) is 0 Å². The Balaban J connectivity index is 0. The molecule has 0 amide bonds. The fraction of sp³-hybridized carbons (Fsp3) is 0.143. The molecule has 2 nitrogen and oxygen atoms in total. The summed E-state index contributed by atoms with van der Waals surface area (Å²) in [6, 6.07) is 4.67. The molecule has 0 radical (unpaired) electrons. The van der Waals surface area contributed by atoms with Crippen LogP contribution in [0, 0.1) is 6.92 Å². The summed E-state index contributed by atoms with van der Waals surface area (Å²) in [6.07, 6.45) is 0. The van der Waals surface area contributed by atoms with Crippen LogP contribution in [-0.2, 0) is 0 Å². The topological polar surface area (TPSA) is 40.5 Å². The smallest absolute Gasteiger partial charge is 1.00 e. The number of hydrogen-bond acceptors (Lipinski definition) is 2. The molecule has 0 saturated heterocycles. The van der Waals surface area contributed by atoms with E-state index in [2.05, 4.69) is 0 Å². The Morgan fingerprint density at radius 2 is 1.60 bits per heavy atom. The number of aromatic hydroxyl groups is 2. The predicted octanol–water partition coefficient (Wildman–Crippen LogP) is -1.48. The Hall–Kier alpha value is 0.456. The van der Waals surface area contributed by atoms with Crippen LogP contribution in [-0.4, -0.2) is 10.2 Å². The number of rotatable bonds is 0. The third-order valence-electron chi connectivity index (χ3n) is 1.28. The van der Waals surface area contributed by atoms with Gasteiger partial charge in [0.1, 0.15) is 11.5 Å². The molecule has 10 heavy (non-hydrogen) atoms. The fourth-order valence-corrected chi connectivity index (χ4v) is 0.612. The van der Waals surface area contributed by atoms with Crippen molar-refractivity contribution in [2.45, 2.75) is 6.92 Å². The van der Waals surface area contributed by atoms with Crippen LogP contribution in [0.3, 0.4) is 0 Å². The molecule has 0 aromatic heterocycles. The van der Waals surface area contributed by atoms with Crippen molar-refractivity contribution in [2.24, 2.45) is 0 Å². The van der Waals surface area contributed by atoms with Crippen LogP contribution >= 0.6 is 0 Å². The minimum absolute atomic E-state index is 0. The van der Waals surface area contributed by atoms with Crippen LogP contribution < -0.4 is 51.4 Å². The first-order chi connectivity index (χ1) is 4.22. The van der Waals surface area contributed by atoms with Gasteiger partial charge in [0, 0.05) is 5.56 Å². The molecule has 1 aromatic carbocycles. The second-order valence-corrected chi connectivity index (χ2v) is 1.92. The molecule has 0 bridgehead atoms. The second-order valence-electron chi connectivity index (χ2n) is 1.92. The minimum atomic E-state index is 0. The van der Waals surface area contributed by atoms with Crippen LogP contribution in [0.4, 0.5) is 0 Å². The Kier molecular flexibility index (Phi) is 4.56. The molecule has 0 unspecified atom stereocenters. The molecule has 0 spiro atoms. The number of benzene rings is 1. The van der Waals surface area contributed by atoms with E-state index in [0.717, 1.165) is 0 Å². The minimum Gasteiger partial charge on any atom is -1.00 e. The number of phenols is 2. The molecular weight excluding hydrogens is 155 g/mol. The van der Waals surface area contributed by atoms with Crippen molar-refractivity contribution in [1.82, 2.24) is 0 Å². The van der Waals surface area contributed by atoms with Crippen molar-refractivity contribution in [1.29, 1.82) is 0 Å². The first-order valence-corrected chi connectivity index (χ1v) is 2.69. The summed E-state index contributed by atoms with van der Waals surface area (Å²) >= 11 is 0. The van der Waals surface area contributed by atoms with Gasteiger partial charge in [0.15, 0.2) is 0 Å². The van der Waals surface area contributed by atoms with E-state index < -0.39 is 0 Å². The summed E-state index contributed by atoms with van der Waals surface area (Å²) in [7, 11) is 0. The molecule has 3 heteroatoms. The van der Waals surface area contributed by atoms with Crippen molar-refractivity contribution in [2.75, 3.05) is 0 Å². The largest absolute Gasteiger partial charge is 1.00 e. The van der Waals surface area contributed by atoms with Crippen LogP contribution in [0.2, 0.25) is 0 Å². The summed E-state index contributed by atoms with van der Waals surface area (Å²) < 4.78 is 0. The Bertz CT molecular complexity index is 207. The molecular formula is C7H9KO2. The first kappa shape index (κ1) is 10.5. The Labute approximate surface area is 104 Å². The molecule has 1 aromatic rings. The van der Waals surface area contributed by atoms with Gasteiger partial charge in [-0.15, -0.1) is 0 Å². The van der Waals surface area contributed by atoms with E-state index in [-0.39, 0.29) is 64.3 Å². The maximum absolute atomic E-state index is 8.94. The van der Waals surface area contributed by atoms with E-state index >= 15 is 0 Å². The Morgan fingerprint density at radius 1 is 1.20 bits per heavy atom. The van der Waals surface area contributed by atoms with Gasteiger partial charge in [-0.2, -0.15) is 0 Å². The third-order valence-corrected chi connectivity index (χ3v) is 1.28. The first-order valence-electron chi connectivity index (χ1n) is 2.69. The third kappa shape index (κ3) is 2.25. The van der Waals surface area contributed by atoms with Crippen molar-refractivity contribution in [3.05, 3.63) is 23.8 Å². The zero-order chi connectivity index (χ0) is 6.85. The predicted molar refractivity (Wildman–Crippen MR) is 35.6 cm³/mol. The average Bonchev–Trinajstić information content (AvgIpc) is 1.83. The van der Waals surface area contributed by atoms with E-state index in [9.17, 15) is 0 Å². The van der Waals surface area contributed by atoms with Crippen LogP contribution in [0.1, 0.15) is 6.99 Å². The zero-order valence-electron chi connectivity index (χ0n) is 7.13. The van der Waals surface area contributed by atoms with Crippen molar-refractivity contribution < 1.29 is 63.0 Å². The van der Waals surface area contributed by atoms with E-state index in [0.29, 0.717) is 5.56 Å². The Morgan fingerprint density at radius 3 is 1.90 bits per heavy atom. The van der Waals surface area contributed by atoms with E-state index in [1.165, 1.54) is 12.1 Å². The zero-order valence-corrected chi connectivity index (χ0v) is 9.25. The van der Waals surface area contributed by atoms with Crippen molar-refractivity contribution in [3.8, 4) is 11.5 Å². The molecule has 0 aliphatic carbocycles. The van der Waals surface area contributed by atoms with E-state index in [4.69, 9.17) is 10.2 Å². The maximum Gasteiger partial charge on any atom is 1.00 e. The second kappa shape index (κ2) is 4.36. The average molecular weight is 164 g/mol. The summed E-state index contributed by atoms with van der Waals surface area (Å²) in [6.45, 7) is 1.66. The number of hydrogen-bond donors (Lipinski definition) is 2. The molecule has 1 rings (SSSR count). The van der Waals surface area contributed by atoms with Gasteiger partial charge in [0.05, 0.1) is 0 Å². The molecule has 0 fully saturated rings. The van der Waals surface area contributed by atoms with Crippen LogP contribution in [0.5, 0.6) is 11.5 Å². The standard InChI is InChI=1S/C7H8O2.K.H/c1-5-6(8)3-2-4-7(5)9;;/h2-4,8-9H,1H3;;/q;+1;-1. The van der Waals surface area contributed by atoms with Gasteiger partial charge < -0.3 is 11.6 Å². The van der Waals surface area contributed by atoms with Gasteiger partial charge in [0.2, 0.25) is 0 Å². The van der Waals surface area contributed by atoms with E-state index in [1.807, 2.05) is 0 Å². The number of phenolic OH excluding ortho intramolecular Hbond substituents is 2. The fourth-order valence-electron chi connectivity index (χ4n) is 0.612. The molecule has 0 atom stereocenters. The summed E-state index contributed by atoms with van der Waals surface area (Å²) in [5.74, 6) is 0.269. The monoisotopic (exact) mass is 164 g/mol. The summed E-state index contributed by atoms with van der Waals surface area (Å²) in [5.41, 5.74) is 0.525. The molecule has 0 saturated carbocycles. The van der Waals surface area contributed by atoms with Gasteiger partial charge >= 0.3 is 51.4 Å². The van der Waals surface area contributed by atoms with Crippen molar-refractivity contribution in [3.63, 3.8) is 0 Å². The quantitative estimate of drug-likeness (QED) is 0.459. The van der Waals surface area contributed by atoms with Crippen LogP contribution in [0.25, 0.3) is 0 Å². The van der Waals surface area contributed by atoms with Crippen molar-refractivity contribution >= 4 is 0 Å². The van der Waals surface area contributed by atoms with Gasteiger partial charge in [-0.25, -0.2) is 0 Å². The van der Waals surface area contributed by atoms with Gasteiger partial charge in [-0.05, 0) is 19.1 Å². The van der Waals surface area contributed by atoms with Gasteiger partial charge in [-0.1, -0.05) is 6.07 Å². The SMILES string of the molecule is Cc1c(O)cccc1O.[H-].[K+]. The summed E-state index contributed by atoms with van der Waals surface area (Å²) in [5, 5.41) is 17.9. The molecule has 0 aliphatic heterocycles. The summed E-state index contributed by atoms with van der Waals surface area (Å²) in [4.78, 5) is 0. The molecule has 50 valence electrons. The van der Waals surface area contributed by atoms with Crippen LogP contribution in [0.15, 0.2) is 18.2 Å².